The Kier molecular flexibility index (Phi) is 4.36. The molecule has 0 saturated carbocycles. The highest BCUT2D eigenvalue weighted by atomic mass is 16.5. The Labute approximate surface area is 158 Å². The summed E-state index contributed by atoms with van der Waals surface area (Å²) in [7, 11) is 3.16. The van der Waals surface area contributed by atoms with Crippen LogP contribution in [-0.2, 0) is 0 Å². The Hall–Kier alpha value is -3.94. The summed E-state index contributed by atoms with van der Waals surface area (Å²) < 4.78 is 10.4. The van der Waals surface area contributed by atoms with Crippen molar-refractivity contribution in [2.75, 3.05) is 14.2 Å². The van der Waals surface area contributed by atoms with Crippen LogP contribution in [-0.4, -0.2) is 34.2 Å². The van der Waals surface area contributed by atoms with Crippen molar-refractivity contribution in [3.63, 3.8) is 0 Å². The maximum atomic E-state index is 12.5. The third kappa shape index (κ3) is 3.11. The maximum absolute atomic E-state index is 12.5. The normalized spacial score (nSPS) is 10.8. The van der Waals surface area contributed by atoms with Crippen LogP contribution >= 0.6 is 0 Å². The van der Waals surface area contributed by atoms with Crippen LogP contribution < -0.4 is 20.7 Å². The molecule has 0 aliphatic rings. The van der Waals surface area contributed by atoms with Gasteiger partial charge in [0, 0.05) is 11.1 Å². The molecule has 2 N–H and O–H groups in total. The number of nitrogens with one attached hydrogen (secondary N) is 2. The molecule has 0 spiro atoms. The van der Waals surface area contributed by atoms with E-state index in [0.717, 1.165) is 5.56 Å². The fourth-order valence-electron chi connectivity index (χ4n) is 2.90. The van der Waals surface area contributed by atoms with Crippen LogP contribution in [0.5, 0.6) is 11.5 Å². The zero-order valence-electron chi connectivity index (χ0n) is 15.1. The quantitative estimate of drug-likeness (QED) is 0.566. The number of rotatable bonds is 4. The second-order valence-electron chi connectivity index (χ2n) is 5.98. The van der Waals surface area contributed by atoms with Gasteiger partial charge in [0.25, 0.3) is 5.56 Å². The number of hydrogen-bond donors (Lipinski definition) is 2. The SMILES string of the molecule is COc1ccc(-c2nc(-c3ccc(OC)cc3)c3c(=O)[nH]c(=O)[nH]c3n2)cc1. The molecular weight excluding hydrogens is 360 g/mol. The fraction of sp³-hybridized carbons (Fsp3) is 0.100. The van der Waals surface area contributed by atoms with Crippen LogP contribution in [0, 0.1) is 0 Å². The molecule has 8 nitrogen and oxygen atoms in total. The first-order valence-electron chi connectivity index (χ1n) is 8.42. The number of nitrogens with zero attached hydrogens (tertiary/aromatic N) is 2. The monoisotopic (exact) mass is 376 g/mol. The Morgan fingerprint density at radius 1 is 0.750 bits per heavy atom. The summed E-state index contributed by atoms with van der Waals surface area (Å²) in [4.78, 5) is 38.0. The van der Waals surface area contributed by atoms with Crippen molar-refractivity contribution in [2.24, 2.45) is 0 Å². The minimum Gasteiger partial charge on any atom is -0.497 e. The van der Waals surface area contributed by atoms with Gasteiger partial charge in [-0.1, -0.05) is 0 Å². The number of ether oxygens (including phenoxy) is 2. The van der Waals surface area contributed by atoms with Gasteiger partial charge in [0.15, 0.2) is 11.5 Å². The minimum absolute atomic E-state index is 0.167. The summed E-state index contributed by atoms with van der Waals surface area (Å²) in [6.45, 7) is 0. The second kappa shape index (κ2) is 6.99. The molecule has 0 saturated heterocycles. The van der Waals surface area contributed by atoms with E-state index in [4.69, 9.17) is 9.47 Å². The van der Waals surface area contributed by atoms with Gasteiger partial charge in [-0.2, -0.15) is 0 Å². The second-order valence-corrected chi connectivity index (χ2v) is 5.98. The lowest BCUT2D eigenvalue weighted by molar-refractivity contribution is 0.415. The lowest BCUT2D eigenvalue weighted by Crippen LogP contribution is -2.23. The highest BCUT2D eigenvalue weighted by Gasteiger charge is 2.15. The van der Waals surface area contributed by atoms with Gasteiger partial charge >= 0.3 is 5.69 Å². The summed E-state index contributed by atoms with van der Waals surface area (Å²) in [5.41, 5.74) is 0.818. The molecule has 0 aliphatic heterocycles. The van der Waals surface area contributed by atoms with Crippen LogP contribution in [0.2, 0.25) is 0 Å². The van der Waals surface area contributed by atoms with Crippen molar-refractivity contribution in [3.8, 4) is 34.1 Å². The van der Waals surface area contributed by atoms with E-state index in [2.05, 4.69) is 19.9 Å². The van der Waals surface area contributed by atoms with Gasteiger partial charge < -0.3 is 9.47 Å². The molecule has 0 amide bonds. The molecule has 28 heavy (non-hydrogen) atoms. The first kappa shape index (κ1) is 17.5. The summed E-state index contributed by atoms with van der Waals surface area (Å²) in [6.07, 6.45) is 0. The molecule has 2 aromatic heterocycles. The molecule has 0 aliphatic carbocycles. The third-order valence-electron chi connectivity index (χ3n) is 4.31. The predicted molar refractivity (Wildman–Crippen MR) is 105 cm³/mol. The largest absolute Gasteiger partial charge is 0.497 e. The zero-order valence-corrected chi connectivity index (χ0v) is 15.1. The van der Waals surface area contributed by atoms with Gasteiger partial charge in [-0.05, 0) is 48.5 Å². The fourth-order valence-corrected chi connectivity index (χ4v) is 2.90. The number of aromatic amines is 2. The van der Waals surface area contributed by atoms with E-state index < -0.39 is 11.2 Å². The van der Waals surface area contributed by atoms with E-state index >= 15 is 0 Å². The first-order valence-corrected chi connectivity index (χ1v) is 8.42. The average Bonchev–Trinajstić information content (AvgIpc) is 2.72. The third-order valence-corrected chi connectivity index (χ3v) is 4.31. The maximum Gasteiger partial charge on any atom is 0.327 e. The molecule has 4 aromatic rings. The number of methoxy groups -OCH3 is 2. The summed E-state index contributed by atoms with van der Waals surface area (Å²) in [5, 5.41) is 0.210. The Balaban J connectivity index is 1.99. The molecule has 8 heteroatoms. The molecule has 2 aromatic carbocycles. The number of H-pyrrole nitrogens is 2. The first-order chi connectivity index (χ1) is 13.6. The number of hydrogen-bond acceptors (Lipinski definition) is 6. The van der Waals surface area contributed by atoms with Crippen LogP contribution in [0.3, 0.4) is 0 Å². The Morgan fingerprint density at radius 3 is 1.89 bits per heavy atom. The van der Waals surface area contributed by atoms with E-state index in [1.165, 1.54) is 0 Å². The average molecular weight is 376 g/mol. The number of benzene rings is 2. The van der Waals surface area contributed by atoms with E-state index in [1.807, 2.05) is 12.1 Å². The Bertz CT molecular complexity index is 1260. The van der Waals surface area contributed by atoms with E-state index in [-0.39, 0.29) is 11.0 Å². The molecular formula is C20H16N4O4. The standard InChI is InChI=1S/C20H16N4O4/c1-27-13-7-3-11(4-8-13)16-15-18(23-20(26)24-19(15)25)22-17(21-16)12-5-9-14(28-2)10-6-12/h3-10H,1-2H3,(H2,21,22,23,24,25,26). The van der Waals surface area contributed by atoms with Crippen LogP contribution in [0.25, 0.3) is 33.7 Å². The summed E-state index contributed by atoms with van der Waals surface area (Å²) in [6, 6.07) is 14.3. The minimum atomic E-state index is -0.627. The van der Waals surface area contributed by atoms with Crippen molar-refractivity contribution < 1.29 is 9.47 Å². The molecule has 0 atom stereocenters. The number of aromatic nitrogens is 4. The topological polar surface area (TPSA) is 110 Å². The van der Waals surface area contributed by atoms with Gasteiger partial charge in [0.2, 0.25) is 0 Å². The van der Waals surface area contributed by atoms with Crippen LogP contribution in [0.4, 0.5) is 0 Å². The van der Waals surface area contributed by atoms with Gasteiger partial charge in [-0.15, -0.1) is 0 Å². The van der Waals surface area contributed by atoms with E-state index in [9.17, 15) is 9.59 Å². The van der Waals surface area contributed by atoms with E-state index in [0.29, 0.717) is 28.6 Å². The van der Waals surface area contributed by atoms with Crippen molar-refractivity contribution >= 4 is 11.0 Å². The molecule has 2 heterocycles. The smallest absolute Gasteiger partial charge is 0.327 e. The predicted octanol–water partition coefficient (Wildman–Crippen LogP) is 2.36. The van der Waals surface area contributed by atoms with Gasteiger partial charge in [-0.25, -0.2) is 14.8 Å². The van der Waals surface area contributed by atoms with Crippen LogP contribution in [0.1, 0.15) is 0 Å². The molecule has 4 rings (SSSR count). The highest BCUT2D eigenvalue weighted by Crippen LogP contribution is 2.28. The molecule has 0 unspecified atom stereocenters. The van der Waals surface area contributed by atoms with Gasteiger partial charge in [0.05, 0.1) is 19.9 Å². The van der Waals surface area contributed by atoms with Crippen LogP contribution in [0.15, 0.2) is 58.1 Å². The summed E-state index contributed by atoms with van der Waals surface area (Å²) in [5.74, 6) is 1.76. The molecule has 0 radical (unpaired) electrons. The van der Waals surface area contributed by atoms with Crippen molar-refractivity contribution in [3.05, 3.63) is 69.4 Å². The zero-order chi connectivity index (χ0) is 19.7. The molecule has 0 fully saturated rings. The summed E-state index contributed by atoms with van der Waals surface area (Å²) >= 11 is 0. The van der Waals surface area contributed by atoms with Gasteiger partial charge in [-0.3, -0.25) is 14.8 Å². The number of fused-ring (bicyclic) bond motifs is 1. The molecule has 140 valence electrons. The van der Waals surface area contributed by atoms with E-state index in [1.54, 1.807) is 50.6 Å². The molecule has 0 bridgehead atoms. The van der Waals surface area contributed by atoms with Crippen molar-refractivity contribution in [1.29, 1.82) is 0 Å². The highest BCUT2D eigenvalue weighted by molar-refractivity contribution is 5.90. The lowest BCUT2D eigenvalue weighted by atomic mass is 10.1. The van der Waals surface area contributed by atoms with Crippen molar-refractivity contribution in [1.82, 2.24) is 19.9 Å². The van der Waals surface area contributed by atoms with Crippen molar-refractivity contribution in [2.45, 2.75) is 0 Å². The Morgan fingerprint density at radius 2 is 1.32 bits per heavy atom. The lowest BCUT2D eigenvalue weighted by Gasteiger charge is -2.09. The van der Waals surface area contributed by atoms with Gasteiger partial charge in [0.1, 0.15) is 16.9 Å².